The summed E-state index contributed by atoms with van der Waals surface area (Å²) in [6, 6.07) is 11.5. The summed E-state index contributed by atoms with van der Waals surface area (Å²) in [5, 5.41) is 5.75. The van der Waals surface area contributed by atoms with Crippen LogP contribution in [0, 0.1) is 0 Å². The zero-order valence-electron chi connectivity index (χ0n) is 15.8. The number of ether oxygens (including phenoxy) is 1. The molecule has 2 aromatic rings. The van der Waals surface area contributed by atoms with Crippen molar-refractivity contribution < 1.29 is 27.9 Å². The van der Waals surface area contributed by atoms with Crippen LogP contribution < -0.4 is 15.4 Å². The fourth-order valence-corrected chi connectivity index (χ4v) is 3.13. The van der Waals surface area contributed by atoms with Gasteiger partial charge in [0.25, 0.3) is 5.91 Å². The molecule has 7 nitrogen and oxygen atoms in total. The Kier molecular flexibility index (Phi) is 6.21. The highest BCUT2D eigenvalue weighted by Crippen LogP contribution is 2.30. The van der Waals surface area contributed by atoms with Gasteiger partial charge in [-0.3, -0.25) is 14.5 Å². The van der Waals surface area contributed by atoms with Gasteiger partial charge in [0, 0.05) is 11.6 Å². The predicted octanol–water partition coefficient (Wildman–Crippen LogP) is 3.02. The number of imide groups is 1. The zero-order valence-corrected chi connectivity index (χ0v) is 16.6. The molecule has 1 aliphatic rings. The molecule has 3 rings (SSSR count). The SMILES string of the molecule is C[C@@]1(c2ccc(OC(F)F)cc2)NC(=O)N(CC(=O)NCc2ccc(Cl)cc2)C1=O. The molecule has 1 heterocycles. The van der Waals surface area contributed by atoms with E-state index in [9.17, 15) is 23.2 Å². The van der Waals surface area contributed by atoms with Crippen LogP contribution in [-0.2, 0) is 21.7 Å². The van der Waals surface area contributed by atoms with Crippen molar-refractivity contribution in [1.29, 1.82) is 0 Å². The first kappa shape index (κ1) is 21.5. The summed E-state index contributed by atoms with van der Waals surface area (Å²) in [6.45, 7) is -1.74. The quantitative estimate of drug-likeness (QED) is 0.652. The van der Waals surface area contributed by atoms with Crippen molar-refractivity contribution in [3.8, 4) is 5.75 Å². The number of carbonyl (C=O) groups is 3. The number of halogens is 3. The molecule has 1 atom stereocenters. The lowest BCUT2D eigenvalue weighted by molar-refractivity contribution is -0.134. The normalized spacial score (nSPS) is 18.5. The Morgan fingerprint density at radius 2 is 1.80 bits per heavy atom. The Bertz CT molecular complexity index is 954. The molecule has 0 bridgehead atoms. The second-order valence-corrected chi connectivity index (χ2v) is 7.19. The molecule has 10 heteroatoms. The van der Waals surface area contributed by atoms with E-state index in [4.69, 9.17) is 11.6 Å². The third kappa shape index (κ3) is 4.68. The Hall–Kier alpha value is -3.20. The minimum absolute atomic E-state index is 0.0763. The van der Waals surface area contributed by atoms with E-state index >= 15 is 0 Å². The van der Waals surface area contributed by atoms with Crippen molar-refractivity contribution in [2.24, 2.45) is 0 Å². The van der Waals surface area contributed by atoms with E-state index < -0.39 is 36.5 Å². The number of urea groups is 1. The van der Waals surface area contributed by atoms with E-state index in [2.05, 4.69) is 15.4 Å². The van der Waals surface area contributed by atoms with Crippen molar-refractivity contribution in [3.05, 3.63) is 64.7 Å². The van der Waals surface area contributed by atoms with Gasteiger partial charge in [0.1, 0.15) is 17.8 Å². The highest BCUT2D eigenvalue weighted by molar-refractivity contribution is 6.30. The highest BCUT2D eigenvalue weighted by Gasteiger charge is 2.49. The number of nitrogens with zero attached hydrogens (tertiary/aromatic N) is 1. The standard InChI is InChI=1S/C20H18ClF2N3O4/c1-20(13-4-8-15(9-5-13)30-18(22)23)17(28)26(19(29)25-20)11-16(27)24-10-12-2-6-14(21)7-3-12/h2-9,18H,10-11H2,1H3,(H,24,27)(H,25,29)/t20-/m0/s1. The second-order valence-electron chi connectivity index (χ2n) is 6.75. The zero-order chi connectivity index (χ0) is 21.9. The highest BCUT2D eigenvalue weighted by atomic mass is 35.5. The molecule has 4 amide bonds. The lowest BCUT2D eigenvalue weighted by Gasteiger charge is -2.22. The molecular weight excluding hydrogens is 420 g/mol. The molecular formula is C20H18ClF2N3O4. The molecule has 0 radical (unpaired) electrons. The van der Waals surface area contributed by atoms with Gasteiger partial charge in [-0.2, -0.15) is 8.78 Å². The molecule has 0 unspecified atom stereocenters. The van der Waals surface area contributed by atoms with Gasteiger partial charge in [-0.15, -0.1) is 0 Å². The van der Waals surface area contributed by atoms with Crippen molar-refractivity contribution >= 4 is 29.4 Å². The third-order valence-corrected chi connectivity index (χ3v) is 4.89. The van der Waals surface area contributed by atoms with E-state index in [0.717, 1.165) is 10.5 Å². The first-order valence-electron chi connectivity index (χ1n) is 8.89. The van der Waals surface area contributed by atoms with E-state index in [0.29, 0.717) is 10.6 Å². The van der Waals surface area contributed by atoms with Gasteiger partial charge in [-0.25, -0.2) is 4.79 Å². The number of alkyl halides is 2. The van der Waals surface area contributed by atoms with Gasteiger partial charge in [-0.1, -0.05) is 35.9 Å². The second kappa shape index (κ2) is 8.66. The molecule has 1 saturated heterocycles. The fourth-order valence-electron chi connectivity index (χ4n) is 3.01. The van der Waals surface area contributed by atoms with Gasteiger partial charge >= 0.3 is 12.6 Å². The summed E-state index contributed by atoms with van der Waals surface area (Å²) >= 11 is 5.81. The number of nitrogens with one attached hydrogen (secondary N) is 2. The Balaban J connectivity index is 1.64. The monoisotopic (exact) mass is 437 g/mol. The Morgan fingerprint density at radius 1 is 1.17 bits per heavy atom. The Labute approximate surface area is 175 Å². The molecule has 0 aromatic heterocycles. The minimum Gasteiger partial charge on any atom is -0.435 e. The van der Waals surface area contributed by atoms with Crippen LogP contribution in [-0.4, -0.2) is 35.9 Å². The predicted molar refractivity (Wildman–Crippen MR) is 104 cm³/mol. The number of carbonyl (C=O) groups excluding carboxylic acids is 3. The molecule has 0 saturated carbocycles. The van der Waals surface area contributed by atoms with Crippen molar-refractivity contribution in [2.45, 2.75) is 25.6 Å². The summed E-state index contributed by atoms with van der Waals surface area (Å²) in [4.78, 5) is 38.2. The Morgan fingerprint density at radius 3 is 2.40 bits per heavy atom. The maximum Gasteiger partial charge on any atom is 0.387 e. The summed E-state index contributed by atoms with van der Waals surface area (Å²) in [5.74, 6) is -1.22. The number of hydrogen-bond acceptors (Lipinski definition) is 4. The van der Waals surface area contributed by atoms with Gasteiger partial charge < -0.3 is 15.4 Å². The summed E-state index contributed by atoms with van der Waals surface area (Å²) < 4.78 is 28.9. The summed E-state index contributed by atoms with van der Waals surface area (Å²) in [6.07, 6.45) is 0. The van der Waals surface area contributed by atoms with Gasteiger partial charge in [-0.05, 0) is 42.3 Å². The van der Waals surface area contributed by atoms with Crippen LogP contribution >= 0.6 is 11.6 Å². The first-order chi connectivity index (χ1) is 14.2. The van der Waals surface area contributed by atoms with E-state index in [1.54, 1.807) is 24.3 Å². The molecule has 158 valence electrons. The van der Waals surface area contributed by atoms with Gasteiger partial charge in [0.2, 0.25) is 5.91 Å². The van der Waals surface area contributed by atoms with E-state index in [1.807, 2.05) is 0 Å². The molecule has 0 aliphatic carbocycles. The average molecular weight is 438 g/mol. The molecule has 2 N–H and O–H groups in total. The average Bonchev–Trinajstić information content (AvgIpc) is 2.91. The van der Waals surface area contributed by atoms with Crippen LogP contribution in [0.15, 0.2) is 48.5 Å². The molecule has 1 aliphatic heterocycles. The van der Waals surface area contributed by atoms with E-state index in [-0.39, 0.29) is 12.3 Å². The lowest BCUT2D eigenvalue weighted by Crippen LogP contribution is -2.43. The van der Waals surface area contributed by atoms with Crippen LogP contribution in [0.5, 0.6) is 5.75 Å². The van der Waals surface area contributed by atoms with Crippen LogP contribution in [0.3, 0.4) is 0 Å². The fraction of sp³-hybridized carbons (Fsp3) is 0.250. The lowest BCUT2D eigenvalue weighted by atomic mass is 9.92. The largest absolute Gasteiger partial charge is 0.435 e. The summed E-state index contributed by atoms with van der Waals surface area (Å²) in [5.41, 5.74) is -0.260. The van der Waals surface area contributed by atoms with E-state index in [1.165, 1.54) is 31.2 Å². The number of hydrogen-bond donors (Lipinski definition) is 2. The van der Waals surface area contributed by atoms with Crippen LogP contribution in [0.4, 0.5) is 13.6 Å². The summed E-state index contributed by atoms with van der Waals surface area (Å²) in [7, 11) is 0. The number of benzene rings is 2. The maximum atomic E-state index is 12.8. The van der Waals surface area contributed by atoms with Gasteiger partial charge in [0.15, 0.2) is 0 Å². The molecule has 0 spiro atoms. The molecule has 1 fully saturated rings. The van der Waals surface area contributed by atoms with Gasteiger partial charge in [0.05, 0.1) is 0 Å². The minimum atomic E-state index is -2.97. The number of amides is 4. The molecule has 2 aromatic carbocycles. The van der Waals surface area contributed by atoms with Crippen molar-refractivity contribution in [1.82, 2.24) is 15.5 Å². The maximum absolute atomic E-state index is 12.8. The topological polar surface area (TPSA) is 87.7 Å². The van der Waals surface area contributed by atoms with Crippen LogP contribution in [0.2, 0.25) is 5.02 Å². The van der Waals surface area contributed by atoms with Crippen LogP contribution in [0.25, 0.3) is 0 Å². The molecule has 30 heavy (non-hydrogen) atoms. The first-order valence-corrected chi connectivity index (χ1v) is 9.27. The number of rotatable bonds is 7. The smallest absolute Gasteiger partial charge is 0.387 e. The van der Waals surface area contributed by atoms with Crippen molar-refractivity contribution in [3.63, 3.8) is 0 Å². The van der Waals surface area contributed by atoms with Crippen LogP contribution in [0.1, 0.15) is 18.1 Å². The van der Waals surface area contributed by atoms with Crippen molar-refractivity contribution in [2.75, 3.05) is 6.54 Å². The third-order valence-electron chi connectivity index (χ3n) is 4.64.